The van der Waals surface area contributed by atoms with Crippen molar-refractivity contribution < 1.29 is 9.53 Å². The Morgan fingerprint density at radius 3 is 2.77 bits per heavy atom. The van der Waals surface area contributed by atoms with E-state index in [1.54, 1.807) is 0 Å². The number of rotatable bonds is 2. The van der Waals surface area contributed by atoms with Gasteiger partial charge in [-0.3, -0.25) is 0 Å². The molecule has 1 unspecified atom stereocenters. The molecule has 5 heteroatoms. The van der Waals surface area contributed by atoms with Gasteiger partial charge in [0, 0.05) is 0 Å². The third kappa shape index (κ3) is 2.63. The van der Waals surface area contributed by atoms with Crippen LogP contribution in [0.15, 0.2) is 30.3 Å². The number of fused-ring (bicyclic) bond motifs is 2. The third-order valence-corrected chi connectivity index (χ3v) is 4.79. The van der Waals surface area contributed by atoms with Crippen LogP contribution >= 0.6 is 0 Å². The molecule has 1 aromatic heterocycles. The lowest BCUT2D eigenvalue weighted by Crippen LogP contribution is -2.19. The minimum atomic E-state index is -0.425. The Bertz CT molecular complexity index is 680. The number of hydrogen-bond donors (Lipinski definition) is 0. The average molecular weight is 297 g/mol. The fraction of sp³-hybridized carbons (Fsp3) is 0.471. The van der Waals surface area contributed by atoms with Gasteiger partial charge in [0.05, 0.1) is 11.4 Å². The molecule has 2 aliphatic rings. The van der Waals surface area contributed by atoms with E-state index in [0.29, 0.717) is 0 Å². The maximum atomic E-state index is 12.3. The second-order valence-electron chi connectivity index (χ2n) is 6.27. The number of carbonyl (C=O) groups is 1. The smallest absolute Gasteiger partial charge is 0.436 e. The molecule has 0 bridgehead atoms. The Balaban J connectivity index is 1.47. The SMILES string of the molecule is O=C(OCc1ccccc1)n1nnc2c1CCC1C[C@H]1CC2. The predicted octanol–water partition coefficient (Wildman–Crippen LogP) is 2.98. The summed E-state index contributed by atoms with van der Waals surface area (Å²) in [4.78, 5) is 12.3. The van der Waals surface area contributed by atoms with Gasteiger partial charge in [-0.05, 0) is 49.5 Å². The van der Waals surface area contributed by atoms with Gasteiger partial charge in [-0.2, -0.15) is 0 Å². The summed E-state index contributed by atoms with van der Waals surface area (Å²) >= 11 is 0. The number of carbonyl (C=O) groups excluding carboxylic acids is 1. The lowest BCUT2D eigenvalue weighted by molar-refractivity contribution is 0.136. The van der Waals surface area contributed by atoms with Crippen molar-refractivity contribution in [1.29, 1.82) is 0 Å². The van der Waals surface area contributed by atoms with Crippen LogP contribution in [0.5, 0.6) is 0 Å². The zero-order chi connectivity index (χ0) is 14.9. The lowest BCUT2D eigenvalue weighted by Gasteiger charge is -2.10. The number of aromatic nitrogens is 3. The van der Waals surface area contributed by atoms with E-state index in [1.165, 1.54) is 17.5 Å². The molecule has 2 aliphatic carbocycles. The maximum absolute atomic E-state index is 12.3. The second-order valence-corrected chi connectivity index (χ2v) is 6.27. The van der Waals surface area contributed by atoms with E-state index in [2.05, 4.69) is 10.3 Å². The highest BCUT2D eigenvalue weighted by atomic mass is 16.6. The van der Waals surface area contributed by atoms with Crippen LogP contribution in [-0.2, 0) is 24.2 Å². The minimum Gasteiger partial charge on any atom is -0.443 e. The van der Waals surface area contributed by atoms with E-state index in [4.69, 9.17) is 4.74 Å². The molecule has 0 spiro atoms. The Morgan fingerprint density at radius 2 is 1.95 bits per heavy atom. The molecule has 0 radical (unpaired) electrons. The Labute approximate surface area is 129 Å². The summed E-state index contributed by atoms with van der Waals surface area (Å²) in [5, 5.41) is 8.22. The lowest BCUT2D eigenvalue weighted by atomic mass is 10.0. The highest BCUT2D eigenvalue weighted by Gasteiger charge is 2.38. The summed E-state index contributed by atoms with van der Waals surface area (Å²) in [7, 11) is 0. The van der Waals surface area contributed by atoms with Crippen LogP contribution in [-0.4, -0.2) is 21.1 Å². The van der Waals surface area contributed by atoms with Crippen molar-refractivity contribution in [2.45, 2.75) is 38.7 Å². The molecular formula is C17H19N3O2. The molecule has 0 N–H and O–H groups in total. The van der Waals surface area contributed by atoms with Gasteiger partial charge in [0.25, 0.3) is 0 Å². The molecule has 5 nitrogen and oxygen atoms in total. The summed E-state index contributed by atoms with van der Waals surface area (Å²) in [6.45, 7) is 0.263. The van der Waals surface area contributed by atoms with E-state index in [-0.39, 0.29) is 6.61 Å². The van der Waals surface area contributed by atoms with Crippen LogP contribution in [0.25, 0.3) is 0 Å². The van der Waals surface area contributed by atoms with E-state index in [9.17, 15) is 4.79 Å². The fourth-order valence-electron chi connectivity index (χ4n) is 3.37. The molecule has 1 saturated carbocycles. The Hall–Kier alpha value is -2.17. The van der Waals surface area contributed by atoms with Gasteiger partial charge < -0.3 is 4.74 Å². The van der Waals surface area contributed by atoms with Gasteiger partial charge in [-0.15, -0.1) is 9.78 Å². The van der Waals surface area contributed by atoms with Crippen molar-refractivity contribution in [3.05, 3.63) is 47.3 Å². The van der Waals surface area contributed by atoms with Gasteiger partial charge in [0.1, 0.15) is 6.61 Å². The van der Waals surface area contributed by atoms with Crippen LogP contribution in [0, 0.1) is 11.8 Å². The highest BCUT2D eigenvalue weighted by molar-refractivity contribution is 5.70. The molecular weight excluding hydrogens is 278 g/mol. The summed E-state index contributed by atoms with van der Waals surface area (Å²) < 4.78 is 6.73. The largest absolute Gasteiger partial charge is 0.443 e. The van der Waals surface area contributed by atoms with Crippen molar-refractivity contribution in [2.75, 3.05) is 0 Å². The molecule has 0 saturated heterocycles. The number of ether oxygens (including phenoxy) is 1. The van der Waals surface area contributed by atoms with E-state index < -0.39 is 6.09 Å². The summed E-state index contributed by atoms with van der Waals surface area (Å²) in [6, 6.07) is 9.68. The van der Waals surface area contributed by atoms with Gasteiger partial charge >= 0.3 is 6.09 Å². The quantitative estimate of drug-likeness (QED) is 0.855. The molecule has 22 heavy (non-hydrogen) atoms. The van der Waals surface area contributed by atoms with E-state index in [1.807, 2.05) is 30.3 Å². The number of nitrogens with zero attached hydrogens (tertiary/aromatic N) is 3. The van der Waals surface area contributed by atoms with Crippen molar-refractivity contribution in [3.63, 3.8) is 0 Å². The molecule has 0 amide bonds. The second kappa shape index (κ2) is 5.55. The van der Waals surface area contributed by atoms with Gasteiger partial charge in [-0.25, -0.2) is 4.79 Å². The Morgan fingerprint density at radius 1 is 1.18 bits per heavy atom. The van der Waals surface area contributed by atoms with E-state index in [0.717, 1.165) is 48.0 Å². The summed E-state index contributed by atoms with van der Waals surface area (Å²) in [5.41, 5.74) is 2.89. The zero-order valence-electron chi connectivity index (χ0n) is 12.4. The topological polar surface area (TPSA) is 57.0 Å². The van der Waals surface area contributed by atoms with Crippen LogP contribution in [0.2, 0.25) is 0 Å². The van der Waals surface area contributed by atoms with E-state index >= 15 is 0 Å². The van der Waals surface area contributed by atoms with Crippen molar-refractivity contribution in [2.24, 2.45) is 11.8 Å². The maximum Gasteiger partial charge on any atom is 0.436 e. The molecule has 1 fully saturated rings. The van der Waals surface area contributed by atoms with Crippen molar-refractivity contribution >= 4 is 6.09 Å². The molecule has 4 rings (SSSR count). The first-order valence-corrected chi connectivity index (χ1v) is 7.96. The normalized spacial score (nSPS) is 22.9. The molecule has 1 heterocycles. The van der Waals surface area contributed by atoms with Crippen LogP contribution in [0.3, 0.4) is 0 Å². The van der Waals surface area contributed by atoms with Crippen LogP contribution in [0.4, 0.5) is 4.79 Å². The number of benzene rings is 1. The molecule has 0 aliphatic heterocycles. The minimum absolute atomic E-state index is 0.263. The van der Waals surface area contributed by atoms with Gasteiger partial charge in [-0.1, -0.05) is 35.5 Å². The zero-order valence-corrected chi connectivity index (χ0v) is 12.4. The highest BCUT2D eigenvalue weighted by Crippen LogP contribution is 2.46. The standard InChI is InChI=1S/C17H19N3O2/c21-17(22-11-12-4-2-1-3-5-12)20-16-9-7-14-10-13(14)6-8-15(16)18-19-20/h1-5,13-14H,6-11H2/t13-,14?/m1/s1. The predicted molar refractivity (Wildman–Crippen MR) is 80.3 cm³/mol. The molecule has 1 aromatic carbocycles. The molecule has 114 valence electrons. The summed E-state index contributed by atoms with van der Waals surface area (Å²) in [5.74, 6) is 1.72. The monoisotopic (exact) mass is 297 g/mol. The first-order chi connectivity index (χ1) is 10.8. The molecule has 2 aromatic rings. The number of hydrogen-bond acceptors (Lipinski definition) is 4. The van der Waals surface area contributed by atoms with Crippen molar-refractivity contribution in [1.82, 2.24) is 15.0 Å². The van der Waals surface area contributed by atoms with Crippen LogP contribution < -0.4 is 0 Å². The first-order valence-electron chi connectivity index (χ1n) is 7.96. The van der Waals surface area contributed by atoms with Crippen LogP contribution in [0.1, 0.15) is 36.2 Å². The molecule has 2 atom stereocenters. The fourth-order valence-corrected chi connectivity index (χ4v) is 3.37. The van der Waals surface area contributed by atoms with Crippen molar-refractivity contribution in [3.8, 4) is 0 Å². The van der Waals surface area contributed by atoms with Gasteiger partial charge in [0.2, 0.25) is 0 Å². The third-order valence-electron chi connectivity index (χ3n) is 4.79. The summed E-state index contributed by atoms with van der Waals surface area (Å²) in [6.07, 6.45) is 5.04. The number of aryl methyl sites for hydroxylation is 1. The first kappa shape index (κ1) is 13.5. The average Bonchev–Trinajstić information content (AvgIpc) is 3.15. The van der Waals surface area contributed by atoms with Gasteiger partial charge in [0.15, 0.2) is 0 Å². The Kier molecular flexibility index (Phi) is 3.41.